The lowest BCUT2D eigenvalue weighted by Crippen LogP contribution is -2.55. The average molecular weight is 226 g/mol. The third-order valence-electron chi connectivity index (χ3n) is 2.91. The summed E-state index contributed by atoms with van der Waals surface area (Å²) in [7, 11) is 0. The zero-order valence-corrected chi connectivity index (χ0v) is 10.1. The smallest absolute Gasteiger partial charge is 0.113 e. The van der Waals surface area contributed by atoms with Crippen LogP contribution in [-0.4, -0.2) is 24.2 Å². The van der Waals surface area contributed by atoms with Crippen LogP contribution >= 0.6 is 11.3 Å². The Morgan fingerprint density at radius 2 is 2.40 bits per heavy atom. The summed E-state index contributed by atoms with van der Waals surface area (Å²) in [6.07, 6.45) is 4.41. The number of thiazole rings is 1. The van der Waals surface area contributed by atoms with Crippen LogP contribution in [0, 0.1) is 0 Å². The molecule has 84 valence electrons. The van der Waals surface area contributed by atoms with Gasteiger partial charge in [0.1, 0.15) is 5.01 Å². The topological polar surface area (TPSA) is 34.2 Å². The number of hydrogen-bond donors (Lipinski definition) is 1. The average Bonchev–Trinajstić information content (AvgIpc) is 2.67. The van der Waals surface area contributed by atoms with Gasteiger partial charge in [0.05, 0.1) is 11.6 Å². The van der Waals surface area contributed by atoms with Crippen molar-refractivity contribution in [2.45, 2.75) is 38.3 Å². The highest BCUT2D eigenvalue weighted by Gasteiger charge is 2.47. The summed E-state index contributed by atoms with van der Waals surface area (Å²) in [4.78, 5) is 4.42. The number of nitrogens with one attached hydrogen (secondary N) is 1. The van der Waals surface area contributed by atoms with Gasteiger partial charge >= 0.3 is 0 Å². The first kappa shape index (κ1) is 11.0. The van der Waals surface area contributed by atoms with Gasteiger partial charge in [-0.15, -0.1) is 11.3 Å². The van der Waals surface area contributed by atoms with Crippen LogP contribution in [0.5, 0.6) is 0 Å². The van der Waals surface area contributed by atoms with E-state index in [0.717, 1.165) is 26.0 Å². The zero-order valence-electron chi connectivity index (χ0n) is 9.32. The second kappa shape index (κ2) is 4.60. The molecule has 4 heteroatoms. The highest BCUT2D eigenvalue weighted by molar-refractivity contribution is 7.09. The highest BCUT2D eigenvalue weighted by atomic mass is 32.1. The van der Waals surface area contributed by atoms with Crippen molar-refractivity contribution in [1.29, 1.82) is 0 Å². The van der Waals surface area contributed by atoms with E-state index in [0.29, 0.717) is 6.10 Å². The maximum atomic E-state index is 5.61. The lowest BCUT2D eigenvalue weighted by Gasteiger charge is -2.46. The molecule has 0 amide bonds. The summed E-state index contributed by atoms with van der Waals surface area (Å²) in [6, 6.07) is 0. The van der Waals surface area contributed by atoms with E-state index in [1.807, 2.05) is 11.6 Å². The zero-order chi connectivity index (χ0) is 10.7. The predicted octanol–water partition coefficient (Wildman–Crippen LogP) is 2.15. The maximum Gasteiger partial charge on any atom is 0.113 e. The van der Waals surface area contributed by atoms with Crippen molar-refractivity contribution in [2.75, 3.05) is 13.2 Å². The molecule has 0 unspecified atom stereocenters. The van der Waals surface area contributed by atoms with Gasteiger partial charge in [-0.3, -0.25) is 0 Å². The van der Waals surface area contributed by atoms with Gasteiger partial charge in [0.2, 0.25) is 0 Å². The standard InChI is InChI=1S/C11H18N2OS/c1-3-13-11(10-12-5-6-15-10)7-9(8-11)14-4-2/h5-6,9,13H,3-4,7-8H2,1-2H3. The molecule has 1 fully saturated rings. The number of nitrogens with zero attached hydrogens (tertiary/aromatic N) is 1. The van der Waals surface area contributed by atoms with Crippen LogP contribution in [0.2, 0.25) is 0 Å². The minimum atomic E-state index is 0.1000. The molecule has 0 bridgehead atoms. The third-order valence-corrected chi connectivity index (χ3v) is 3.89. The Bertz CT molecular complexity index is 294. The van der Waals surface area contributed by atoms with Gasteiger partial charge in [-0.1, -0.05) is 6.92 Å². The Kier molecular flexibility index (Phi) is 3.38. The summed E-state index contributed by atoms with van der Waals surface area (Å²) in [5.41, 5.74) is 0.1000. The van der Waals surface area contributed by atoms with Crippen LogP contribution in [0.25, 0.3) is 0 Å². The van der Waals surface area contributed by atoms with Crippen molar-refractivity contribution in [3.05, 3.63) is 16.6 Å². The Balaban J connectivity index is 2.03. The van der Waals surface area contributed by atoms with Crippen molar-refractivity contribution >= 4 is 11.3 Å². The normalized spacial score (nSPS) is 30.1. The second-order valence-corrected chi connectivity index (χ2v) is 4.83. The van der Waals surface area contributed by atoms with Gasteiger partial charge < -0.3 is 10.1 Å². The van der Waals surface area contributed by atoms with Gasteiger partial charge in [-0.05, 0) is 26.3 Å². The summed E-state index contributed by atoms with van der Waals surface area (Å²) < 4.78 is 5.61. The molecule has 1 aromatic rings. The van der Waals surface area contributed by atoms with Crippen LogP contribution in [0.15, 0.2) is 11.6 Å². The van der Waals surface area contributed by atoms with Crippen LogP contribution in [0.4, 0.5) is 0 Å². The van der Waals surface area contributed by atoms with E-state index in [1.165, 1.54) is 5.01 Å². The largest absolute Gasteiger partial charge is 0.378 e. The van der Waals surface area contributed by atoms with E-state index in [2.05, 4.69) is 24.1 Å². The summed E-state index contributed by atoms with van der Waals surface area (Å²) in [6.45, 7) is 5.99. The number of hydrogen-bond acceptors (Lipinski definition) is 4. The molecule has 0 radical (unpaired) electrons. The lowest BCUT2D eigenvalue weighted by molar-refractivity contribution is -0.0530. The van der Waals surface area contributed by atoms with Crippen LogP contribution < -0.4 is 5.32 Å². The monoisotopic (exact) mass is 226 g/mol. The van der Waals surface area contributed by atoms with Crippen molar-refractivity contribution in [3.8, 4) is 0 Å². The van der Waals surface area contributed by atoms with Crippen molar-refractivity contribution in [2.24, 2.45) is 0 Å². The van der Waals surface area contributed by atoms with Crippen LogP contribution in [0.1, 0.15) is 31.7 Å². The molecule has 0 spiro atoms. The van der Waals surface area contributed by atoms with E-state index < -0.39 is 0 Å². The minimum Gasteiger partial charge on any atom is -0.378 e. The van der Waals surface area contributed by atoms with Crippen LogP contribution in [-0.2, 0) is 10.3 Å². The molecule has 0 aliphatic heterocycles. The molecule has 1 N–H and O–H groups in total. The first-order valence-corrected chi connectivity index (χ1v) is 6.45. The molecule has 2 rings (SSSR count). The molecule has 15 heavy (non-hydrogen) atoms. The van der Waals surface area contributed by atoms with Gasteiger partial charge in [0.15, 0.2) is 0 Å². The minimum absolute atomic E-state index is 0.1000. The fourth-order valence-corrected chi connectivity index (χ4v) is 3.10. The van der Waals surface area contributed by atoms with E-state index in [9.17, 15) is 0 Å². The molecule has 1 aliphatic carbocycles. The molecule has 1 aliphatic rings. The molecule has 1 heterocycles. The summed E-state index contributed by atoms with van der Waals surface area (Å²) in [5, 5.41) is 6.81. The maximum absolute atomic E-state index is 5.61. The fourth-order valence-electron chi connectivity index (χ4n) is 2.26. The Labute approximate surface area is 94.9 Å². The van der Waals surface area contributed by atoms with Gasteiger partial charge in [-0.25, -0.2) is 4.98 Å². The lowest BCUT2D eigenvalue weighted by atomic mass is 9.74. The quantitative estimate of drug-likeness (QED) is 0.835. The number of rotatable bonds is 5. The van der Waals surface area contributed by atoms with Crippen LogP contribution in [0.3, 0.4) is 0 Å². The number of ether oxygens (including phenoxy) is 1. The van der Waals surface area contributed by atoms with Gasteiger partial charge in [-0.2, -0.15) is 0 Å². The molecule has 3 nitrogen and oxygen atoms in total. The van der Waals surface area contributed by atoms with Gasteiger partial charge in [0, 0.05) is 18.2 Å². The third kappa shape index (κ3) is 2.07. The predicted molar refractivity (Wildman–Crippen MR) is 62.1 cm³/mol. The van der Waals surface area contributed by atoms with E-state index in [-0.39, 0.29) is 5.54 Å². The number of aromatic nitrogens is 1. The highest BCUT2D eigenvalue weighted by Crippen LogP contribution is 2.43. The molecular weight excluding hydrogens is 208 g/mol. The molecule has 0 aromatic carbocycles. The Morgan fingerprint density at radius 1 is 1.60 bits per heavy atom. The van der Waals surface area contributed by atoms with Crippen molar-refractivity contribution < 1.29 is 4.74 Å². The SMILES string of the molecule is CCNC1(c2nccs2)CC(OCC)C1. The summed E-state index contributed by atoms with van der Waals surface area (Å²) >= 11 is 1.74. The Morgan fingerprint density at radius 3 is 2.93 bits per heavy atom. The first-order valence-electron chi connectivity index (χ1n) is 5.57. The first-order chi connectivity index (χ1) is 7.30. The van der Waals surface area contributed by atoms with Gasteiger partial charge in [0.25, 0.3) is 0 Å². The fraction of sp³-hybridized carbons (Fsp3) is 0.727. The summed E-state index contributed by atoms with van der Waals surface area (Å²) in [5.74, 6) is 0. The Hall–Kier alpha value is -0.450. The van der Waals surface area contributed by atoms with E-state index in [1.54, 1.807) is 11.3 Å². The van der Waals surface area contributed by atoms with Crippen molar-refractivity contribution in [1.82, 2.24) is 10.3 Å². The van der Waals surface area contributed by atoms with Crippen molar-refractivity contribution in [3.63, 3.8) is 0 Å². The second-order valence-electron chi connectivity index (χ2n) is 3.94. The van der Waals surface area contributed by atoms with E-state index in [4.69, 9.17) is 4.74 Å². The van der Waals surface area contributed by atoms with E-state index >= 15 is 0 Å². The molecule has 1 saturated carbocycles. The molecule has 0 atom stereocenters. The molecule has 0 saturated heterocycles. The molecule has 1 aromatic heterocycles. The molecular formula is C11H18N2OS.